The lowest BCUT2D eigenvalue weighted by atomic mass is 9.97. The highest BCUT2D eigenvalue weighted by atomic mass is 16.3. The van der Waals surface area contributed by atoms with E-state index in [2.05, 4.69) is 29.3 Å². The van der Waals surface area contributed by atoms with Gasteiger partial charge in [0.25, 0.3) is 0 Å². The Morgan fingerprint density at radius 3 is 2.17 bits per heavy atom. The third-order valence-corrected chi connectivity index (χ3v) is 6.26. The second kappa shape index (κ2) is 13.6. The van der Waals surface area contributed by atoms with Crippen molar-refractivity contribution in [3.63, 3.8) is 0 Å². The molecule has 0 fully saturated rings. The largest absolute Gasteiger partial charge is 0.394 e. The summed E-state index contributed by atoms with van der Waals surface area (Å²) in [6, 6.07) is 7.90. The van der Waals surface area contributed by atoms with E-state index >= 15 is 0 Å². The lowest BCUT2D eigenvalue weighted by Crippen LogP contribution is -2.52. The molecule has 1 aromatic carbocycles. The zero-order valence-electron chi connectivity index (χ0n) is 18.7. The Morgan fingerprint density at radius 1 is 0.966 bits per heavy atom. The molecule has 0 aromatic heterocycles. The fraction of sp³-hybridized carbons (Fsp3) is 0.720. The van der Waals surface area contributed by atoms with Crippen molar-refractivity contribution in [2.24, 2.45) is 0 Å². The average molecular weight is 403 g/mol. The van der Waals surface area contributed by atoms with Crippen molar-refractivity contribution in [2.75, 3.05) is 18.6 Å². The van der Waals surface area contributed by atoms with E-state index in [1.165, 1.54) is 69.8 Å². The van der Waals surface area contributed by atoms with Gasteiger partial charge in [0.15, 0.2) is 0 Å². The first-order chi connectivity index (χ1) is 14.2. The van der Waals surface area contributed by atoms with Crippen LogP contribution in [0.2, 0.25) is 0 Å². The summed E-state index contributed by atoms with van der Waals surface area (Å²) in [5.74, 6) is 0.0492. The molecule has 1 amide bonds. The Labute approximate surface area is 178 Å². The number of para-hydroxylation sites is 1. The van der Waals surface area contributed by atoms with Crippen LogP contribution in [0, 0.1) is 0 Å². The number of nitrogens with zero attached hydrogens (tertiary/aromatic N) is 1. The maximum atomic E-state index is 12.8. The Morgan fingerprint density at radius 2 is 1.55 bits per heavy atom. The van der Waals surface area contributed by atoms with Crippen molar-refractivity contribution in [1.82, 2.24) is 5.32 Å². The fourth-order valence-electron chi connectivity index (χ4n) is 4.42. The van der Waals surface area contributed by atoms with Gasteiger partial charge in [0.1, 0.15) is 6.04 Å². The molecule has 0 bridgehead atoms. The van der Waals surface area contributed by atoms with Crippen molar-refractivity contribution in [3.8, 4) is 0 Å². The van der Waals surface area contributed by atoms with E-state index in [1.807, 2.05) is 19.2 Å². The van der Waals surface area contributed by atoms with Gasteiger partial charge in [0.2, 0.25) is 5.91 Å². The molecule has 0 spiro atoms. The molecule has 29 heavy (non-hydrogen) atoms. The van der Waals surface area contributed by atoms with Crippen LogP contribution in [0.4, 0.5) is 5.69 Å². The standard InChI is InChI=1S/C25H42N2O2/c1-3-4-5-6-7-8-9-10-11-12-13-18-24-25(29)26-22(20-28)19-21-16-14-15-17-23(21)27(24)2/h14-17,22,24,28H,3-13,18-20H2,1-2H3,(H,26,29)/t22-,24-/m0/s1. The SMILES string of the molecule is CCCCCCCCCCCCC[C@H]1C(=O)N[C@H](CO)Cc2ccccc2N1C. The van der Waals surface area contributed by atoms with E-state index in [1.54, 1.807) is 0 Å². The van der Waals surface area contributed by atoms with E-state index in [9.17, 15) is 9.90 Å². The third kappa shape index (κ3) is 8.00. The molecule has 0 unspecified atom stereocenters. The molecule has 1 heterocycles. The predicted octanol–water partition coefficient (Wildman–Crippen LogP) is 5.23. The molecule has 2 atom stereocenters. The number of rotatable bonds is 13. The molecule has 0 aliphatic carbocycles. The van der Waals surface area contributed by atoms with E-state index in [0.29, 0.717) is 6.42 Å². The lowest BCUT2D eigenvalue weighted by molar-refractivity contribution is -0.123. The molecular weight excluding hydrogens is 360 g/mol. The summed E-state index contributed by atoms with van der Waals surface area (Å²) in [5.41, 5.74) is 2.31. The van der Waals surface area contributed by atoms with Crippen molar-refractivity contribution >= 4 is 11.6 Å². The number of anilines is 1. The minimum atomic E-state index is -0.197. The fourth-order valence-corrected chi connectivity index (χ4v) is 4.42. The van der Waals surface area contributed by atoms with Gasteiger partial charge in [-0.3, -0.25) is 4.79 Å². The van der Waals surface area contributed by atoms with Crippen molar-refractivity contribution in [2.45, 2.75) is 102 Å². The van der Waals surface area contributed by atoms with Gasteiger partial charge in [0, 0.05) is 12.7 Å². The van der Waals surface area contributed by atoms with Crippen LogP contribution in [0.25, 0.3) is 0 Å². The molecule has 1 aliphatic heterocycles. The molecule has 2 N–H and O–H groups in total. The number of hydrogen-bond donors (Lipinski definition) is 2. The minimum Gasteiger partial charge on any atom is -0.394 e. The predicted molar refractivity (Wildman–Crippen MR) is 122 cm³/mol. The molecule has 4 nitrogen and oxygen atoms in total. The summed E-state index contributed by atoms with van der Waals surface area (Å²) in [7, 11) is 2.03. The van der Waals surface area contributed by atoms with Crippen molar-refractivity contribution in [1.29, 1.82) is 0 Å². The van der Waals surface area contributed by atoms with Gasteiger partial charge < -0.3 is 15.3 Å². The van der Waals surface area contributed by atoms with Crippen LogP contribution in [0.5, 0.6) is 0 Å². The molecule has 0 saturated heterocycles. The molecule has 164 valence electrons. The van der Waals surface area contributed by atoms with Gasteiger partial charge in [-0.1, -0.05) is 95.8 Å². The quantitative estimate of drug-likeness (QED) is 0.444. The summed E-state index contributed by atoms with van der Waals surface area (Å²) in [5, 5.41) is 12.7. The number of carbonyl (C=O) groups is 1. The number of unbranched alkanes of at least 4 members (excludes halogenated alkanes) is 10. The van der Waals surface area contributed by atoms with Crippen LogP contribution in [-0.2, 0) is 11.2 Å². The Bertz CT molecular complexity index is 590. The van der Waals surface area contributed by atoms with E-state index in [0.717, 1.165) is 18.5 Å². The van der Waals surface area contributed by atoms with Crippen LogP contribution in [0.1, 0.15) is 89.5 Å². The molecule has 1 aliphatic rings. The summed E-state index contributed by atoms with van der Waals surface area (Å²) in [6.07, 6.45) is 16.0. The second-order valence-electron chi connectivity index (χ2n) is 8.67. The first kappa shape index (κ1) is 23.7. The van der Waals surface area contributed by atoms with Gasteiger partial charge >= 0.3 is 0 Å². The van der Waals surface area contributed by atoms with Crippen LogP contribution in [0.3, 0.4) is 0 Å². The summed E-state index contributed by atoms with van der Waals surface area (Å²) in [6.45, 7) is 2.25. The smallest absolute Gasteiger partial charge is 0.242 e. The van der Waals surface area contributed by atoms with E-state index in [-0.39, 0.29) is 24.6 Å². The van der Waals surface area contributed by atoms with Crippen LogP contribution >= 0.6 is 0 Å². The molecule has 4 heteroatoms. The molecular formula is C25H42N2O2. The number of benzene rings is 1. The van der Waals surface area contributed by atoms with Gasteiger partial charge in [-0.2, -0.15) is 0 Å². The summed E-state index contributed by atoms with van der Waals surface area (Å²) < 4.78 is 0. The van der Waals surface area contributed by atoms with Gasteiger partial charge in [-0.25, -0.2) is 0 Å². The molecule has 0 radical (unpaired) electrons. The Balaban J connectivity index is 1.74. The highest BCUT2D eigenvalue weighted by Gasteiger charge is 2.29. The number of amides is 1. The van der Waals surface area contributed by atoms with Gasteiger partial charge in [-0.15, -0.1) is 0 Å². The lowest BCUT2D eigenvalue weighted by Gasteiger charge is -2.35. The topological polar surface area (TPSA) is 52.6 Å². The number of carbonyl (C=O) groups excluding carboxylic acids is 1. The van der Waals surface area contributed by atoms with E-state index < -0.39 is 0 Å². The molecule has 0 saturated carbocycles. The average Bonchev–Trinajstić information content (AvgIpc) is 2.73. The Hall–Kier alpha value is -1.55. The third-order valence-electron chi connectivity index (χ3n) is 6.26. The number of nitrogens with one attached hydrogen (secondary N) is 1. The normalized spacial score (nSPS) is 19.4. The number of likely N-dealkylation sites (N-methyl/N-ethyl adjacent to an activating group) is 1. The van der Waals surface area contributed by atoms with Crippen LogP contribution in [0.15, 0.2) is 24.3 Å². The maximum Gasteiger partial charge on any atom is 0.242 e. The highest BCUT2D eigenvalue weighted by molar-refractivity contribution is 5.86. The monoisotopic (exact) mass is 402 g/mol. The van der Waals surface area contributed by atoms with Crippen LogP contribution in [-0.4, -0.2) is 36.8 Å². The summed E-state index contributed by atoms with van der Waals surface area (Å²) >= 11 is 0. The van der Waals surface area contributed by atoms with Crippen molar-refractivity contribution in [3.05, 3.63) is 29.8 Å². The second-order valence-corrected chi connectivity index (χ2v) is 8.67. The minimum absolute atomic E-state index is 0.0189. The highest BCUT2D eigenvalue weighted by Crippen LogP contribution is 2.26. The zero-order chi connectivity index (χ0) is 20.9. The van der Waals surface area contributed by atoms with E-state index in [4.69, 9.17) is 0 Å². The maximum absolute atomic E-state index is 12.8. The number of fused-ring (bicyclic) bond motifs is 1. The summed E-state index contributed by atoms with van der Waals surface area (Å²) in [4.78, 5) is 14.9. The molecule has 1 aromatic rings. The van der Waals surface area contributed by atoms with Crippen molar-refractivity contribution < 1.29 is 9.90 Å². The Kier molecular flexibility index (Phi) is 11.2. The zero-order valence-corrected chi connectivity index (χ0v) is 18.7. The molecule has 2 rings (SSSR count). The number of hydrogen-bond acceptors (Lipinski definition) is 3. The van der Waals surface area contributed by atoms with Gasteiger partial charge in [-0.05, 0) is 24.5 Å². The van der Waals surface area contributed by atoms with Gasteiger partial charge in [0.05, 0.1) is 12.6 Å². The first-order valence-electron chi connectivity index (χ1n) is 11.9. The number of aliphatic hydroxyl groups excluding tert-OH is 1. The number of aliphatic hydroxyl groups is 1. The van der Waals surface area contributed by atoms with Crippen LogP contribution < -0.4 is 10.2 Å². The first-order valence-corrected chi connectivity index (χ1v) is 11.9.